The first-order valence-electron chi connectivity index (χ1n) is 8.50. The van der Waals surface area contributed by atoms with Crippen molar-refractivity contribution in [3.05, 3.63) is 82.9 Å². The van der Waals surface area contributed by atoms with Gasteiger partial charge in [-0.3, -0.25) is 9.59 Å². The minimum absolute atomic E-state index is 0.0499. The van der Waals surface area contributed by atoms with E-state index < -0.39 is 0 Å². The SMILES string of the molecule is C=CC[C@@H]1CC=C[C@@H](c2ccccc2)N1C(=O)CCc1cc(=O)[nH]o1. The minimum atomic E-state index is -0.282. The highest BCUT2D eigenvalue weighted by Crippen LogP contribution is 2.32. The summed E-state index contributed by atoms with van der Waals surface area (Å²) in [5, 5.41) is 2.26. The van der Waals surface area contributed by atoms with Gasteiger partial charge in [-0.1, -0.05) is 48.6 Å². The van der Waals surface area contributed by atoms with Crippen LogP contribution in [0.25, 0.3) is 0 Å². The van der Waals surface area contributed by atoms with Gasteiger partial charge in [0.25, 0.3) is 5.56 Å². The smallest absolute Gasteiger partial charge is 0.280 e. The summed E-state index contributed by atoms with van der Waals surface area (Å²) >= 11 is 0. The van der Waals surface area contributed by atoms with Crippen LogP contribution in [-0.4, -0.2) is 22.0 Å². The van der Waals surface area contributed by atoms with Gasteiger partial charge in [0, 0.05) is 24.9 Å². The van der Waals surface area contributed by atoms with Crippen molar-refractivity contribution < 1.29 is 9.32 Å². The van der Waals surface area contributed by atoms with Crippen molar-refractivity contribution in [3.8, 4) is 0 Å². The molecule has 5 nitrogen and oxygen atoms in total. The monoisotopic (exact) mass is 338 g/mol. The van der Waals surface area contributed by atoms with E-state index in [1.165, 1.54) is 6.07 Å². The van der Waals surface area contributed by atoms with Gasteiger partial charge in [-0.25, -0.2) is 0 Å². The van der Waals surface area contributed by atoms with Crippen LogP contribution >= 0.6 is 0 Å². The van der Waals surface area contributed by atoms with E-state index in [2.05, 4.69) is 23.9 Å². The molecule has 1 N–H and O–H groups in total. The molecule has 1 aromatic heterocycles. The number of hydrogen-bond donors (Lipinski definition) is 1. The molecule has 0 radical (unpaired) electrons. The van der Waals surface area contributed by atoms with Crippen molar-refractivity contribution in [2.45, 2.75) is 37.8 Å². The second-order valence-corrected chi connectivity index (χ2v) is 6.18. The van der Waals surface area contributed by atoms with Crippen LogP contribution in [-0.2, 0) is 11.2 Å². The van der Waals surface area contributed by atoms with Crippen LogP contribution in [0.4, 0.5) is 0 Å². The Morgan fingerprint density at radius 2 is 2.16 bits per heavy atom. The van der Waals surface area contributed by atoms with Gasteiger partial charge in [-0.15, -0.1) is 6.58 Å². The standard InChI is InChI=1S/C20H22N2O3/c1-2-7-16-10-6-11-18(15-8-4-3-5-9-15)22(16)20(24)13-12-17-14-19(23)21-25-17/h2-6,8-9,11,14,16,18H,1,7,10,12-13H2,(H,21,23)/t16-,18+/m1/s1. The van der Waals surface area contributed by atoms with Crippen LogP contribution in [0.3, 0.4) is 0 Å². The predicted molar refractivity (Wildman–Crippen MR) is 96.0 cm³/mol. The molecule has 25 heavy (non-hydrogen) atoms. The number of aromatic nitrogens is 1. The fourth-order valence-electron chi connectivity index (χ4n) is 3.28. The summed E-state index contributed by atoms with van der Waals surface area (Å²) in [5.74, 6) is 0.552. The second-order valence-electron chi connectivity index (χ2n) is 6.18. The number of nitrogens with zero attached hydrogens (tertiary/aromatic N) is 1. The van der Waals surface area contributed by atoms with Gasteiger partial charge in [0.05, 0.1) is 6.04 Å². The molecule has 2 aromatic rings. The summed E-state index contributed by atoms with van der Waals surface area (Å²) < 4.78 is 5.05. The Hall–Kier alpha value is -2.82. The Balaban J connectivity index is 1.80. The zero-order chi connectivity index (χ0) is 17.6. The Kier molecular flexibility index (Phi) is 5.33. The summed E-state index contributed by atoms with van der Waals surface area (Å²) in [7, 11) is 0. The first kappa shape index (κ1) is 17.0. The lowest BCUT2D eigenvalue weighted by molar-refractivity contribution is -0.135. The number of carbonyl (C=O) groups excluding carboxylic acids is 1. The molecule has 1 aliphatic rings. The molecule has 2 heterocycles. The van der Waals surface area contributed by atoms with Crippen molar-refractivity contribution >= 4 is 5.91 Å². The van der Waals surface area contributed by atoms with E-state index in [0.29, 0.717) is 18.6 Å². The lowest BCUT2D eigenvalue weighted by Gasteiger charge is -2.39. The lowest BCUT2D eigenvalue weighted by Crippen LogP contribution is -2.44. The lowest BCUT2D eigenvalue weighted by atomic mass is 9.94. The van der Waals surface area contributed by atoms with Gasteiger partial charge < -0.3 is 9.42 Å². The summed E-state index contributed by atoms with van der Waals surface area (Å²) in [5.41, 5.74) is 0.809. The van der Waals surface area contributed by atoms with Crippen molar-refractivity contribution in [3.63, 3.8) is 0 Å². The summed E-state index contributed by atoms with van der Waals surface area (Å²) in [4.78, 5) is 26.1. The average Bonchev–Trinajstić information content (AvgIpc) is 3.06. The first-order chi connectivity index (χ1) is 12.2. The third-order valence-electron chi connectivity index (χ3n) is 4.45. The van der Waals surface area contributed by atoms with Gasteiger partial charge in [0.2, 0.25) is 5.91 Å². The van der Waals surface area contributed by atoms with Gasteiger partial charge in [0.15, 0.2) is 0 Å². The van der Waals surface area contributed by atoms with Crippen LogP contribution < -0.4 is 5.56 Å². The molecular formula is C20H22N2O3. The molecule has 0 saturated heterocycles. The predicted octanol–water partition coefficient (Wildman–Crippen LogP) is 3.38. The molecule has 0 fully saturated rings. The topological polar surface area (TPSA) is 66.3 Å². The molecule has 0 saturated carbocycles. The van der Waals surface area contributed by atoms with E-state index in [1.54, 1.807) is 0 Å². The van der Waals surface area contributed by atoms with Crippen LogP contribution in [0, 0.1) is 0 Å². The van der Waals surface area contributed by atoms with Gasteiger partial charge in [0.1, 0.15) is 5.76 Å². The van der Waals surface area contributed by atoms with Crippen molar-refractivity contribution in [2.24, 2.45) is 0 Å². The highest BCUT2D eigenvalue weighted by molar-refractivity contribution is 5.78. The fourth-order valence-corrected chi connectivity index (χ4v) is 3.28. The molecule has 2 atom stereocenters. The number of hydrogen-bond acceptors (Lipinski definition) is 3. The number of H-pyrrole nitrogens is 1. The molecule has 1 aliphatic heterocycles. The van der Waals surface area contributed by atoms with Gasteiger partial charge in [-0.2, -0.15) is 5.16 Å². The van der Waals surface area contributed by atoms with Crippen molar-refractivity contribution in [1.29, 1.82) is 0 Å². The van der Waals surface area contributed by atoms with E-state index in [9.17, 15) is 9.59 Å². The molecule has 0 bridgehead atoms. The number of rotatable bonds is 6. The molecule has 130 valence electrons. The normalized spacial score (nSPS) is 19.8. The van der Waals surface area contributed by atoms with E-state index in [1.807, 2.05) is 41.3 Å². The maximum atomic E-state index is 13.0. The zero-order valence-electron chi connectivity index (χ0n) is 14.1. The summed E-state index contributed by atoms with van der Waals surface area (Å²) in [6, 6.07) is 11.4. The number of carbonyl (C=O) groups is 1. The molecule has 5 heteroatoms. The molecule has 0 unspecified atom stereocenters. The second kappa shape index (κ2) is 7.83. The van der Waals surface area contributed by atoms with Crippen LogP contribution in [0.2, 0.25) is 0 Å². The minimum Gasteiger partial charge on any atom is -0.384 e. The van der Waals surface area contributed by atoms with E-state index in [0.717, 1.165) is 18.4 Å². The zero-order valence-corrected chi connectivity index (χ0v) is 14.1. The molecule has 1 aromatic carbocycles. The van der Waals surface area contributed by atoms with Crippen LogP contribution in [0.1, 0.15) is 36.6 Å². The van der Waals surface area contributed by atoms with E-state index >= 15 is 0 Å². The number of nitrogens with one attached hydrogen (secondary N) is 1. The van der Waals surface area contributed by atoms with Crippen LogP contribution in [0.15, 0.2) is 70.5 Å². The first-order valence-corrected chi connectivity index (χ1v) is 8.50. The highest BCUT2D eigenvalue weighted by Gasteiger charge is 2.31. The fraction of sp³-hybridized carbons (Fsp3) is 0.300. The number of aromatic amines is 1. The van der Waals surface area contributed by atoms with E-state index in [-0.39, 0.29) is 23.6 Å². The quantitative estimate of drug-likeness (QED) is 0.821. The van der Waals surface area contributed by atoms with Gasteiger partial charge >= 0.3 is 0 Å². The molecular weight excluding hydrogens is 316 g/mol. The third kappa shape index (κ3) is 3.99. The third-order valence-corrected chi connectivity index (χ3v) is 4.45. The molecule has 0 spiro atoms. The Morgan fingerprint density at radius 3 is 2.84 bits per heavy atom. The largest absolute Gasteiger partial charge is 0.384 e. The number of benzene rings is 1. The Morgan fingerprint density at radius 1 is 1.36 bits per heavy atom. The van der Waals surface area contributed by atoms with Gasteiger partial charge in [-0.05, 0) is 18.4 Å². The molecule has 3 rings (SSSR count). The molecule has 0 aliphatic carbocycles. The summed E-state index contributed by atoms with van der Waals surface area (Å²) in [6.45, 7) is 3.83. The summed E-state index contributed by atoms with van der Waals surface area (Å²) in [6.07, 6.45) is 8.35. The number of amides is 1. The average molecular weight is 338 g/mol. The Labute approximate surface area is 146 Å². The molecule has 1 amide bonds. The van der Waals surface area contributed by atoms with Crippen molar-refractivity contribution in [2.75, 3.05) is 0 Å². The van der Waals surface area contributed by atoms with Crippen molar-refractivity contribution in [1.82, 2.24) is 10.1 Å². The number of aryl methyl sites for hydroxylation is 1. The Bertz CT molecular complexity index is 804. The highest BCUT2D eigenvalue weighted by atomic mass is 16.5. The maximum Gasteiger partial charge on any atom is 0.280 e. The van der Waals surface area contributed by atoms with E-state index in [4.69, 9.17) is 4.52 Å². The maximum absolute atomic E-state index is 13.0. The van der Waals surface area contributed by atoms with Crippen LogP contribution in [0.5, 0.6) is 0 Å².